The molecule has 0 saturated heterocycles. The van der Waals surface area contributed by atoms with E-state index < -0.39 is 29.7 Å². The third-order valence-electron chi connectivity index (χ3n) is 3.30. The molecule has 1 unspecified atom stereocenters. The maximum Gasteiger partial charge on any atom is 1.00 e. The molecule has 1 N–H and O–H groups in total. The summed E-state index contributed by atoms with van der Waals surface area (Å²) in [6, 6.07) is 6.44. The largest absolute Gasteiger partial charge is 1.00 e. The Kier molecular flexibility index (Phi) is 12.4. The van der Waals surface area contributed by atoms with Gasteiger partial charge < -0.3 is 21.0 Å². The smallest absolute Gasteiger partial charge is 1.00 e. The molecule has 28 heavy (non-hydrogen) atoms. The normalized spacial score (nSPS) is 11.6. The van der Waals surface area contributed by atoms with Crippen LogP contribution in [0.25, 0.3) is 0 Å². The van der Waals surface area contributed by atoms with Crippen LogP contribution in [0.15, 0.2) is 24.3 Å². The molecule has 0 radical (unpaired) electrons. The standard InChI is InChI=1S/C19H26ClNO6.Na.H/c1-5-16(26-17(23)19(2,3)4)27-18(24)21-12-6-7-15(22)25-14-10-8-13(20)9-11-14;;/h8-11,16H,5-7,12H2,1-4H3,(H,21,24);;/q;+1;-1. The molecule has 0 aliphatic heterocycles. The zero-order chi connectivity index (χ0) is 20.4. The van der Waals surface area contributed by atoms with Crippen molar-refractivity contribution in [3.63, 3.8) is 0 Å². The molecule has 0 aliphatic carbocycles. The molecule has 0 bridgehead atoms. The molecular weight excluding hydrogens is 397 g/mol. The number of carbonyl (C=O) groups excluding carboxylic acids is 3. The molecule has 9 heteroatoms. The van der Waals surface area contributed by atoms with Crippen molar-refractivity contribution >= 4 is 29.6 Å². The fraction of sp³-hybridized carbons (Fsp3) is 0.526. The van der Waals surface area contributed by atoms with E-state index in [0.717, 1.165) is 0 Å². The van der Waals surface area contributed by atoms with Crippen molar-refractivity contribution < 1.29 is 59.6 Å². The number of amides is 1. The van der Waals surface area contributed by atoms with Gasteiger partial charge in [-0.15, -0.1) is 0 Å². The van der Waals surface area contributed by atoms with Crippen LogP contribution >= 0.6 is 11.6 Å². The Labute approximate surface area is 194 Å². The molecule has 1 atom stereocenters. The van der Waals surface area contributed by atoms with Gasteiger partial charge in [-0.1, -0.05) is 18.5 Å². The van der Waals surface area contributed by atoms with Crippen molar-refractivity contribution in [1.82, 2.24) is 5.32 Å². The number of carbonyl (C=O) groups is 3. The van der Waals surface area contributed by atoms with Crippen LogP contribution in [0.3, 0.4) is 0 Å². The van der Waals surface area contributed by atoms with Gasteiger partial charge in [0, 0.05) is 24.4 Å². The van der Waals surface area contributed by atoms with Gasteiger partial charge in [0.15, 0.2) is 0 Å². The van der Waals surface area contributed by atoms with Gasteiger partial charge in [0.2, 0.25) is 6.29 Å². The van der Waals surface area contributed by atoms with Gasteiger partial charge in [0.05, 0.1) is 5.41 Å². The molecule has 1 rings (SSSR count). The first-order chi connectivity index (χ1) is 12.6. The van der Waals surface area contributed by atoms with Crippen molar-refractivity contribution in [3.8, 4) is 5.75 Å². The van der Waals surface area contributed by atoms with E-state index >= 15 is 0 Å². The van der Waals surface area contributed by atoms with Gasteiger partial charge in [0.1, 0.15) is 5.75 Å². The van der Waals surface area contributed by atoms with Gasteiger partial charge in [-0.05, 0) is 51.5 Å². The first kappa shape index (κ1) is 26.7. The van der Waals surface area contributed by atoms with E-state index in [1.54, 1.807) is 52.0 Å². The Hall–Kier alpha value is -1.28. The predicted molar refractivity (Wildman–Crippen MR) is 102 cm³/mol. The van der Waals surface area contributed by atoms with E-state index in [1.807, 2.05) is 0 Å². The molecule has 1 aromatic rings. The van der Waals surface area contributed by atoms with E-state index in [-0.39, 0.29) is 43.9 Å². The summed E-state index contributed by atoms with van der Waals surface area (Å²) >= 11 is 5.76. The molecule has 1 aromatic carbocycles. The van der Waals surface area contributed by atoms with E-state index in [1.165, 1.54) is 0 Å². The van der Waals surface area contributed by atoms with E-state index in [4.69, 9.17) is 25.8 Å². The third-order valence-corrected chi connectivity index (χ3v) is 3.55. The molecule has 0 aliphatic rings. The van der Waals surface area contributed by atoms with Crippen LogP contribution in [0, 0.1) is 5.41 Å². The van der Waals surface area contributed by atoms with Crippen molar-refractivity contribution in [2.75, 3.05) is 6.54 Å². The Morgan fingerprint density at radius 1 is 1.14 bits per heavy atom. The van der Waals surface area contributed by atoms with E-state index in [0.29, 0.717) is 23.6 Å². The zero-order valence-corrected chi connectivity index (χ0v) is 19.8. The Balaban J connectivity index is 0. The average Bonchev–Trinajstić information content (AvgIpc) is 2.59. The number of hydrogen-bond donors (Lipinski definition) is 1. The van der Waals surface area contributed by atoms with Crippen LogP contribution in [0.1, 0.15) is 48.4 Å². The number of halogens is 1. The number of esters is 2. The molecule has 1 amide bonds. The monoisotopic (exact) mass is 423 g/mol. The molecule has 0 saturated carbocycles. The third kappa shape index (κ3) is 10.9. The minimum atomic E-state index is -0.952. The van der Waals surface area contributed by atoms with Crippen LogP contribution < -0.4 is 39.6 Å². The van der Waals surface area contributed by atoms with Crippen LogP contribution in [-0.4, -0.2) is 30.9 Å². The summed E-state index contributed by atoms with van der Waals surface area (Å²) in [6.45, 7) is 7.10. The minimum absolute atomic E-state index is 0. The summed E-state index contributed by atoms with van der Waals surface area (Å²) < 4.78 is 15.3. The van der Waals surface area contributed by atoms with Gasteiger partial charge >= 0.3 is 47.6 Å². The second kappa shape index (κ2) is 13.0. The summed E-state index contributed by atoms with van der Waals surface area (Å²) in [5.74, 6) is -0.464. The second-order valence-electron chi connectivity index (χ2n) is 6.86. The Bertz CT molecular complexity index is 651. The van der Waals surface area contributed by atoms with E-state index in [9.17, 15) is 14.4 Å². The first-order valence-electron chi connectivity index (χ1n) is 8.73. The molecule has 0 fully saturated rings. The number of ether oxygens (including phenoxy) is 3. The summed E-state index contributed by atoms with van der Waals surface area (Å²) in [5, 5.41) is 3.06. The molecule has 0 spiro atoms. The molecule has 0 aromatic heterocycles. The Morgan fingerprint density at radius 3 is 2.29 bits per heavy atom. The van der Waals surface area contributed by atoms with Gasteiger partial charge in [-0.3, -0.25) is 9.59 Å². The fourth-order valence-electron chi connectivity index (χ4n) is 1.76. The molecular formula is C19H27ClNNaO6. The van der Waals surface area contributed by atoms with Crippen LogP contribution in [0.4, 0.5) is 4.79 Å². The Morgan fingerprint density at radius 2 is 1.75 bits per heavy atom. The van der Waals surface area contributed by atoms with Crippen LogP contribution in [0.5, 0.6) is 5.75 Å². The van der Waals surface area contributed by atoms with Crippen LogP contribution in [-0.2, 0) is 19.1 Å². The summed E-state index contributed by atoms with van der Waals surface area (Å²) in [6.07, 6.45) is -0.830. The molecule has 152 valence electrons. The first-order valence-corrected chi connectivity index (χ1v) is 9.11. The number of nitrogens with one attached hydrogen (secondary N) is 1. The quantitative estimate of drug-likeness (QED) is 0.222. The summed E-state index contributed by atoms with van der Waals surface area (Å²) in [7, 11) is 0. The minimum Gasteiger partial charge on any atom is -1.00 e. The number of benzene rings is 1. The molecule has 0 heterocycles. The fourth-order valence-corrected chi connectivity index (χ4v) is 1.88. The maximum absolute atomic E-state index is 11.8. The van der Waals surface area contributed by atoms with Gasteiger partial charge in [-0.2, -0.15) is 0 Å². The predicted octanol–water partition coefficient (Wildman–Crippen LogP) is 1.19. The second-order valence-corrected chi connectivity index (χ2v) is 7.29. The number of rotatable bonds is 8. The number of alkyl carbamates (subject to hydrolysis) is 1. The average molecular weight is 424 g/mol. The van der Waals surface area contributed by atoms with Crippen molar-refractivity contribution in [3.05, 3.63) is 29.3 Å². The molecule has 7 nitrogen and oxygen atoms in total. The van der Waals surface area contributed by atoms with Crippen LogP contribution in [0.2, 0.25) is 5.02 Å². The maximum atomic E-state index is 11.8. The SMILES string of the molecule is CCC(OC(=O)NCCCC(=O)Oc1ccc(Cl)cc1)OC(=O)C(C)(C)C.[H-].[Na+]. The number of hydrogen-bond acceptors (Lipinski definition) is 6. The van der Waals surface area contributed by atoms with E-state index in [2.05, 4.69) is 5.32 Å². The van der Waals surface area contributed by atoms with Crippen molar-refractivity contribution in [2.45, 2.75) is 53.2 Å². The van der Waals surface area contributed by atoms with Crippen molar-refractivity contribution in [2.24, 2.45) is 5.41 Å². The van der Waals surface area contributed by atoms with Gasteiger partial charge in [-0.25, -0.2) is 4.79 Å². The summed E-state index contributed by atoms with van der Waals surface area (Å²) in [4.78, 5) is 35.3. The van der Waals surface area contributed by atoms with Gasteiger partial charge in [0.25, 0.3) is 0 Å². The zero-order valence-electron chi connectivity index (χ0n) is 18.0. The summed E-state index contributed by atoms with van der Waals surface area (Å²) in [5.41, 5.74) is -0.683. The topological polar surface area (TPSA) is 90.9 Å². The van der Waals surface area contributed by atoms with Crippen molar-refractivity contribution in [1.29, 1.82) is 0 Å².